The van der Waals surface area contributed by atoms with Crippen LogP contribution in [0.2, 0.25) is 0 Å². The lowest BCUT2D eigenvalue weighted by Crippen LogP contribution is -2.24. The van der Waals surface area contributed by atoms with Crippen LogP contribution in [0.15, 0.2) is 23.4 Å². The SMILES string of the molecule is CCOc1ccc2nc(SCC(C)CNC3CC3)[nH]c2c1. The van der Waals surface area contributed by atoms with Gasteiger partial charge in [-0.2, -0.15) is 0 Å². The van der Waals surface area contributed by atoms with Crippen molar-refractivity contribution < 1.29 is 4.74 Å². The van der Waals surface area contributed by atoms with E-state index in [1.807, 2.05) is 25.1 Å². The van der Waals surface area contributed by atoms with E-state index in [0.29, 0.717) is 12.5 Å². The van der Waals surface area contributed by atoms with Crippen molar-refractivity contribution in [3.8, 4) is 5.75 Å². The minimum Gasteiger partial charge on any atom is -0.494 e. The Morgan fingerprint density at radius 2 is 2.33 bits per heavy atom. The minimum absolute atomic E-state index is 0.655. The third-order valence-corrected chi connectivity index (χ3v) is 4.78. The Morgan fingerprint density at radius 3 is 3.10 bits per heavy atom. The molecule has 1 aliphatic rings. The molecule has 2 N–H and O–H groups in total. The summed E-state index contributed by atoms with van der Waals surface area (Å²) in [7, 11) is 0. The van der Waals surface area contributed by atoms with Gasteiger partial charge < -0.3 is 15.0 Å². The standard InChI is InChI=1S/C16H23N3OS/c1-3-20-13-6-7-14-15(8-13)19-16(18-14)21-10-11(2)9-17-12-4-5-12/h6-8,11-12,17H,3-5,9-10H2,1-2H3,(H,18,19). The number of hydrogen-bond donors (Lipinski definition) is 2. The molecule has 5 heteroatoms. The van der Waals surface area contributed by atoms with Crippen LogP contribution in [0.3, 0.4) is 0 Å². The summed E-state index contributed by atoms with van der Waals surface area (Å²) in [6, 6.07) is 6.80. The average Bonchev–Trinajstić information content (AvgIpc) is 3.22. The smallest absolute Gasteiger partial charge is 0.166 e. The first-order valence-electron chi connectivity index (χ1n) is 7.73. The molecule has 0 bridgehead atoms. The maximum absolute atomic E-state index is 5.52. The van der Waals surface area contributed by atoms with Gasteiger partial charge in [-0.3, -0.25) is 0 Å². The second kappa shape index (κ2) is 6.71. The summed E-state index contributed by atoms with van der Waals surface area (Å²) < 4.78 is 5.52. The number of nitrogens with zero attached hydrogens (tertiary/aromatic N) is 1. The van der Waals surface area contributed by atoms with Gasteiger partial charge in [0.2, 0.25) is 0 Å². The predicted octanol–water partition coefficient (Wildman–Crippen LogP) is 3.44. The Labute approximate surface area is 130 Å². The van der Waals surface area contributed by atoms with Gasteiger partial charge in [0.1, 0.15) is 5.75 Å². The summed E-state index contributed by atoms with van der Waals surface area (Å²) in [5.41, 5.74) is 2.05. The van der Waals surface area contributed by atoms with Crippen LogP contribution in [-0.2, 0) is 0 Å². The van der Waals surface area contributed by atoms with Gasteiger partial charge in [-0.15, -0.1) is 0 Å². The second-order valence-electron chi connectivity index (χ2n) is 5.75. The van der Waals surface area contributed by atoms with E-state index in [1.54, 1.807) is 11.8 Å². The maximum Gasteiger partial charge on any atom is 0.166 e. The molecule has 1 heterocycles. The Bertz CT molecular complexity index is 594. The summed E-state index contributed by atoms with van der Waals surface area (Å²) in [5, 5.41) is 4.58. The van der Waals surface area contributed by atoms with Crippen molar-refractivity contribution >= 4 is 22.8 Å². The highest BCUT2D eigenvalue weighted by molar-refractivity contribution is 7.99. The topological polar surface area (TPSA) is 49.9 Å². The summed E-state index contributed by atoms with van der Waals surface area (Å²) in [6.45, 7) is 6.08. The first kappa shape index (κ1) is 14.7. The van der Waals surface area contributed by atoms with Crippen LogP contribution in [0.25, 0.3) is 11.0 Å². The summed E-state index contributed by atoms with van der Waals surface area (Å²) in [5.74, 6) is 2.63. The van der Waals surface area contributed by atoms with Crippen molar-refractivity contribution in [2.45, 2.75) is 37.9 Å². The number of thioether (sulfide) groups is 1. The van der Waals surface area contributed by atoms with E-state index >= 15 is 0 Å². The molecule has 0 amide bonds. The van der Waals surface area contributed by atoms with Gasteiger partial charge in [0, 0.05) is 17.9 Å². The summed E-state index contributed by atoms with van der Waals surface area (Å²) in [4.78, 5) is 8.00. The summed E-state index contributed by atoms with van der Waals surface area (Å²) >= 11 is 1.80. The molecule has 3 rings (SSSR count). The minimum atomic E-state index is 0.655. The molecule has 0 spiro atoms. The fraction of sp³-hybridized carbons (Fsp3) is 0.562. The molecule has 1 aromatic heterocycles. The zero-order chi connectivity index (χ0) is 14.7. The molecule has 4 nitrogen and oxygen atoms in total. The number of aromatic amines is 1. The molecule has 1 unspecified atom stereocenters. The molecule has 21 heavy (non-hydrogen) atoms. The van der Waals surface area contributed by atoms with Crippen LogP contribution in [0.1, 0.15) is 26.7 Å². The van der Waals surface area contributed by atoms with Crippen LogP contribution in [0, 0.1) is 5.92 Å². The molecule has 0 aliphatic heterocycles. The first-order chi connectivity index (χ1) is 10.2. The van der Waals surface area contributed by atoms with Crippen LogP contribution in [-0.4, -0.2) is 34.9 Å². The number of H-pyrrole nitrogens is 1. The fourth-order valence-corrected chi connectivity index (χ4v) is 3.13. The molecule has 1 aromatic carbocycles. The van der Waals surface area contributed by atoms with Gasteiger partial charge in [-0.05, 0) is 44.4 Å². The quantitative estimate of drug-likeness (QED) is 0.734. The third kappa shape index (κ3) is 4.14. The summed E-state index contributed by atoms with van der Waals surface area (Å²) in [6.07, 6.45) is 2.71. The van der Waals surface area contributed by atoms with Crippen LogP contribution in [0.4, 0.5) is 0 Å². The first-order valence-corrected chi connectivity index (χ1v) is 8.72. The van der Waals surface area contributed by atoms with Gasteiger partial charge in [0.15, 0.2) is 5.16 Å². The zero-order valence-electron chi connectivity index (χ0n) is 12.7. The largest absolute Gasteiger partial charge is 0.494 e. The number of nitrogens with one attached hydrogen (secondary N) is 2. The average molecular weight is 305 g/mol. The normalized spacial score (nSPS) is 16.3. The van der Waals surface area contributed by atoms with E-state index in [-0.39, 0.29) is 0 Å². The molecule has 2 aromatic rings. The Hall–Kier alpha value is -1.20. The third-order valence-electron chi connectivity index (χ3n) is 3.58. The van der Waals surface area contributed by atoms with Crippen LogP contribution >= 0.6 is 11.8 Å². The van der Waals surface area contributed by atoms with Gasteiger partial charge >= 0.3 is 0 Å². The Kier molecular flexibility index (Phi) is 4.70. The van der Waals surface area contributed by atoms with Crippen molar-refractivity contribution in [3.05, 3.63) is 18.2 Å². The fourth-order valence-electron chi connectivity index (χ4n) is 2.23. The van der Waals surface area contributed by atoms with Gasteiger partial charge in [0.05, 0.1) is 17.6 Å². The van der Waals surface area contributed by atoms with E-state index < -0.39 is 0 Å². The lowest BCUT2D eigenvalue weighted by molar-refractivity contribution is 0.340. The Morgan fingerprint density at radius 1 is 1.48 bits per heavy atom. The molecule has 1 saturated carbocycles. The van der Waals surface area contributed by atoms with Crippen molar-refractivity contribution in [2.75, 3.05) is 18.9 Å². The van der Waals surface area contributed by atoms with Crippen LogP contribution in [0.5, 0.6) is 5.75 Å². The second-order valence-corrected chi connectivity index (χ2v) is 6.76. The van der Waals surface area contributed by atoms with Gasteiger partial charge in [0.25, 0.3) is 0 Å². The predicted molar refractivity (Wildman–Crippen MR) is 88.2 cm³/mol. The lowest BCUT2D eigenvalue weighted by Gasteiger charge is -2.10. The molecule has 0 saturated heterocycles. The van der Waals surface area contributed by atoms with Crippen molar-refractivity contribution in [2.24, 2.45) is 5.92 Å². The number of hydrogen-bond acceptors (Lipinski definition) is 4. The lowest BCUT2D eigenvalue weighted by atomic mass is 10.2. The number of ether oxygens (including phenoxy) is 1. The maximum atomic E-state index is 5.52. The molecular formula is C16H23N3OS. The highest BCUT2D eigenvalue weighted by Crippen LogP contribution is 2.25. The van der Waals surface area contributed by atoms with Gasteiger partial charge in [-0.25, -0.2) is 4.98 Å². The molecule has 114 valence electrons. The highest BCUT2D eigenvalue weighted by Gasteiger charge is 2.20. The molecule has 1 atom stereocenters. The number of benzene rings is 1. The van der Waals surface area contributed by atoms with E-state index in [1.165, 1.54) is 12.8 Å². The van der Waals surface area contributed by atoms with Crippen LogP contribution < -0.4 is 10.1 Å². The number of rotatable bonds is 8. The number of imidazole rings is 1. The van der Waals surface area contributed by atoms with E-state index in [4.69, 9.17) is 4.74 Å². The highest BCUT2D eigenvalue weighted by atomic mass is 32.2. The van der Waals surface area contributed by atoms with E-state index in [9.17, 15) is 0 Å². The van der Waals surface area contributed by atoms with E-state index in [2.05, 4.69) is 22.2 Å². The number of fused-ring (bicyclic) bond motifs is 1. The molecule has 1 fully saturated rings. The molecule has 1 aliphatic carbocycles. The van der Waals surface area contributed by atoms with Crippen molar-refractivity contribution in [1.82, 2.24) is 15.3 Å². The van der Waals surface area contributed by atoms with Crippen molar-refractivity contribution in [3.63, 3.8) is 0 Å². The monoisotopic (exact) mass is 305 g/mol. The zero-order valence-corrected chi connectivity index (χ0v) is 13.5. The molecule has 0 radical (unpaired) electrons. The number of aromatic nitrogens is 2. The van der Waals surface area contributed by atoms with E-state index in [0.717, 1.165) is 40.3 Å². The molecular weight excluding hydrogens is 282 g/mol. The Balaban J connectivity index is 1.55. The van der Waals surface area contributed by atoms with Gasteiger partial charge in [-0.1, -0.05) is 18.7 Å². The van der Waals surface area contributed by atoms with Crippen molar-refractivity contribution in [1.29, 1.82) is 0 Å².